The number of morpholine rings is 1. The van der Waals surface area contributed by atoms with E-state index in [0.717, 1.165) is 35.9 Å². The van der Waals surface area contributed by atoms with Gasteiger partial charge in [0.15, 0.2) is 22.8 Å². The van der Waals surface area contributed by atoms with Crippen molar-refractivity contribution >= 4 is 34.8 Å². The molecule has 13 heteroatoms. The van der Waals surface area contributed by atoms with Gasteiger partial charge in [-0.05, 0) is 19.8 Å². The molecule has 5 heterocycles. The fraction of sp³-hybridized carbons (Fsp3) is 0.630. The Hall–Kier alpha value is -3.58. The minimum absolute atomic E-state index is 0.0221. The van der Waals surface area contributed by atoms with Crippen LogP contribution < -0.4 is 15.5 Å². The zero-order valence-corrected chi connectivity index (χ0v) is 23.8. The highest BCUT2D eigenvalue weighted by Gasteiger charge is 2.32. The van der Waals surface area contributed by atoms with Gasteiger partial charge in [-0.3, -0.25) is 9.36 Å². The second kappa shape index (κ2) is 11.9. The lowest BCUT2D eigenvalue weighted by Gasteiger charge is -2.40. The number of piperazine rings is 1. The molecular weight excluding hydrogens is 512 g/mol. The van der Waals surface area contributed by atoms with Crippen LogP contribution in [-0.4, -0.2) is 103 Å². The monoisotopic (exact) mass is 552 g/mol. The number of imidazole rings is 1. The number of hydrogen-bond donors (Lipinski definition) is 2. The molecule has 0 spiro atoms. The van der Waals surface area contributed by atoms with Crippen LogP contribution in [0.2, 0.25) is 0 Å². The first-order valence-corrected chi connectivity index (χ1v) is 14.2. The van der Waals surface area contributed by atoms with Gasteiger partial charge in [0.25, 0.3) is 0 Å². The number of rotatable bonds is 8. The van der Waals surface area contributed by atoms with Crippen LogP contribution in [-0.2, 0) is 16.1 Å². The molecule has 3 N–H and O–H groups in total. The smallest absolute Gasteiger partial charge is 0.225 e. The van der Waals surface area contributed by atoms with E-state index < -0.39 is 6.10 Å². The van der Waals surface area contributed by atoms with Crippen molar-refractivity contribution in [2.75, 3.05) is 61.5 Å². The molecule has 216 valence electrons. The number of ether oxygens (including phenoxy) is 1. The van der Waals surface area contributed by atoms with Crippen LogP contribution in [0.15, 0.2) is 12.4 Å². The third-order valence-electron chi connectivity index (χ3n) is 7.69. The summed E-state index contributed by atoms with van der Waals surface area (Å²) in [6.45, 7) is 13.3. The summed E-state index contributed by atoms with van der Waals surface area (Å²) in [7, 11) is 0. The van der Waals surface area contributed by atoms with Crippen LogP contribution in [0.25, 0.3) is 22.6 Å². The van der Waals surface area contributed by atoms with Crippen molar-refractivity contribution in [2.24, 2.45) is 5.92 Å². The summed E-state index contributed by atoms with van der Waals surface area (Å²) in [5.74, 6) is 2.69. The minimum Gasteiger partial charge on any atom is -0.393 e. The van der Waals surface area contributed by atoms with Gasteiger partial charge in [0.1, 0.15) is 0 Å². The summed E-state index contributed by atoms with van der Waals surface area (Å²) in [4.78, 5) is 42.6. The maximum Gasteiger partial charge on any atom is 0.225 e. The molecule has 0 aliphatic carbocycles. The molecule has 0 bridgehead atoms. The van der Waals surface area contributed by atoms with Crippen molar-refractivity contribution in [3.05, 3.63) is 12.4 Å². The molecule has 0 radical (unpaired) electrons. The largest absolute Gasteiger partial charge is 0.393 e. The van der Waals surface area contributed by atoms with Gasteiger partial charge in [-0.2, -0.15) is 0 Å². The van der Waals surface area contributed by atoms with E-state index in [-0.39, 0.29) is 24.3 Å². The van der Waals surface area contributed by atoms with Crippen molar-refractivity contribution in [1.29, 1.82) is 0 Å². The molecule has 3 aromatic rings. The van der Waals surface area contributed by atoms with Gasteiger partial charge < -0.3 is 30.3 Å². The molecule has 3 aromatic heterocycles. The summed E-state index contributed by atoms with van der Waals surface area (Å²) in [5.41, 5.74) is 7.94. The van der Waals surface area contributed by atoms with Gasteiger partial charge in [-0.25, -0.2) is 24.9 Å². The molecule has 2 aliphatic heterocycles. The van der Waals surface area contributed by atoms with Gasteiger partial charge in [0.05, 0.1) is 31.3 Å². The van der Waals surface area contributed by atoms with Crippen LogP contribution in [0.3, 0.4) is 0 Å². The summed E-state index contributed by atoms with van der Waals surface area (Å²) < 4.78 is 7.82. The fourth-order valence-electron chi connectivity index (χ4n) is 5.28. The third kappa shape index (κ3) is 5.80. The Balaban J connectivity index is 1.60. The highest BCUT2D eigenvalue weighted by Crippen LogP contribution is 2.33. The van der Waals surface area contributed by atoms with E-state index in [1.54, 1.807) is 19.3 Å². The average molecular weight is 553 g/mol. The number of anilines is 3. The predicted octanol–water partition coefficient (Wildman–Crippen LogP) is 1.56. The lowest BCUT2D eigenvalue weighted by molar-refractivity contribution is -0.135. The molecule has 0 saturated carbocycles. The van der Waals surface area contributed by atoms with Gasteiger partial charge in [-0.15, -0.1) is 0 Å². The molecule has 13 nitrogen and oxygen atoms in total. The minimum atomic E-state index is -0.657. The molecule has 5 rings (SSSR count). The van der Waals surface area contributed by atoms with Gasteiger partial charge in [-0.1, -0.05) is 20.3 Å². The standard InChI is InChI=1S/C27H40N10O3/c1-5-17(2)15-37-25-22(31-27(37)35-6-7-36(18(3)16-35)21(39)12-19(4)38)24(34-8-10-40-11-9-34)32-23(33-25)20-13-29-26(28)30-14-20/h13-14,17-19,38H,5-12,15-16H2,1-4H3,(H2,28,29,30)/t17?,18?,19-/m1/s1. The maximum absolute atomic E-state index is 12.7. The Labute approximate surface area is 234 Å². The summed E-state index contributed by atoms with van der Waals surface area (Å²) in [6, 6.07) is -0.0239. The molecule has 2 unspecified atom stereocenters. The Morgan fingerprint density at radius 1 is 1.10 bits per heavy atom. The number of nitrogens with zero attached hydrogens (tertiary/aromatic N) is 9. The van der Waals surface area contributed by atoms with Crippen molar-refractivity contribution < 1.29 is 14.6 Å². The van der Waals surface area contributed by atoms with Gasteiger partial charge >= 0.3 is 0 Å². The average Bonchev–Trinajstić information content (AvgIpc) is 3.30. The molecule has 0 aromatic carbocycles. The zero-order chi connectivity index (χ0) is 28.4. The van der Waals surface area contributed by atoms with E-state index >= 15 is 0 Å². The van der Waals surface area contributed by atoms with Crippen molar-refractivity contribution in [3.8, 4) is 11.4 Å². The second-order valence-corrected chi connectivity index (χ2v) is 10.9. The lowest BCUT2D eigenvalue weighted by Crippen LogP contribution is -2.55. The summed E-state index contributed by atoms with van der Waals surface area (Å²) in [6.07, 6.45) is 3.78. The van der Waals surface area contributed by atoms with Crippen LogP contribution in [0, 0.1) is 5.92 Å². The lowest BCUT2D eigenvalue weighted by atomic mass is 10.1. The molecule has 40 heavy (non-hydrogen) atoms. The molecule has 3 atom stereocenters. The number of aromatic nitrogens is 6. The third-order valence-corrected chi connectivity index (χ3v) is 7.69. The van der Waals surface area contributed by atoms with E-state index in [1.807, 2.05) is 11.8 Å². The number of aliphatic hydroxyl groups excluding tert-OH is 1. The quantitative estimate of drug-likeness (QED) is 0.419. The van der Waals surface area contributed by atoms with Crippen LogP contribution in [0.1, 0.15) is 40.5 Å². The van der Waals surface area contributed by atoms with Crippen molar-refractivity contribution in [2.45, 2.75) is 59.2 Å². The van der Waals surface area contributed by atoms with E-state index in [1.165, 1.54) is 0 Å². The molecule has 1 amide bonds. The first-order valence-electron chi connectivity index (χ1n) is 14.2. The van der Waals surface area contributed by atoms with Gasteiger partial charge in [0.2, 0.25) is 17.8 Å². The number of carbonyl (C=O) groups is 1. The number of fused-ring (bicyclic) bond motifs is 1. The van der Waals surface area contributed by atoms with Crippen LogP contribution >= 0.6 is 0 Å². The number of carbonyl (C=O) groups excluding carboxylic acids is 1. The number of hydrogen-bond acceptors (Lipinski definition) is 11. The molecule has 2 saturated heterocycles. The normalized spacial score (nSPS) is 19.7. The van der Waals surface area contributed by atoms with E-state index in [2.05, 4.69) is 38.2 Å². The SMILES string of the molecule is CCC(C)Cn1c(N2CCN(C(=O)C[C@@H](C)O)C(C)C2)nc2c(N3CCOCC3)nc(-c3cnc(N)nc3)nc21. The Morgan fingerprint density at radius 3 is 2.48 bits per heavy atom. The molecular formula is C27H40N10O3. The highest BCUT2D eigenvalue weighted by molar-refractivity contribution is 5.88. The first-order chi connectivity index (χ1) is 19.2. The van der Waals surface area contributed by atoms with Crippen LogP contribution in [0.4, 0.5) is 17.7 Å². The highest BCUT2D eigenvalue weighted by atomic mass is 16.5. The summed E-state index contributed by atoms with van der Waals surface area (Å²) in [5, 5.41) is 9.74. The number of amides is 1. The maximum atomic E-state index is 12.7. The number of nitrogen functional groups attached to an aromatic ring is 1. The summed E-state index contributed by atoms with van der Waals surface area (Å²) >= 11 is 0. The predicted molar refractivity (Wildman–Crippen MR) is 153 cm³/mol. The number of aliphatic hydroxyl groups is 1. The zero-order valence-electron chi connectivity index (χ0n) is 23.8. The van der Waals surface area contributed by atoms with E-state index in [0.29, 0.717) is 63.2 Å². The van der Waals surface area contributed by atoms with Crippen LogP contribution in [0.5, 0.6) is 0 Å². The Morgan fingerprint density at radius 2 is 1.82 bits per heavy atom. The van der Waals surface area contributed by atoms with Crippen molar-refractivity contribution in [3.63, 3.8) is 0 Å². The second-order valence-electron chi connectivity index (χ2n) is 10.9. The van der Waals surface area contributed by atoms with Gasteiger partial charge in [0, 0.05) is 57.7 Å². The first kappa shape index (κ1) is 28.0. The molecule has 2 fully saturated rings. The molecule has 2 aliphatic rings. The Bertz CT molecular complexity index is 1320. The van der Waals surface area contributed by atoms with E-state index in [4.69, 9.17) is 25.4 Å². The number of nitrogens with two attached hydrogens (primary N) is 1. The van der Waals surface area contributed by atoms with E-state index in [9.17, 15) is 9.90 Å². The topological polar surface area (TPSA) is 152 Å². The Kier molecular flexibility index (Phi) is 8.31. The van der Waals surface area contributed by atoms with Crippen molar-refractivity contribution in [1.82, 2.24) is 34.4 Å². The fourth-order valence-corrected chi connectivity index (χ4v) is 5.28.